The van der Waals surface area contributed by atoms with Gasteiger partial charge in [-0.2, -0.15) is 0 Å². The molecule has 0 spiro atoms. The fourth-order valence-corrected chi connectivity index (χ4v) is 4.19. The zero-order chi connectivity index (χ0) is 27.7. The number of carbonyl (C=O) groups excluding carboxylic acids is 3. The van der Waals surface area contributed by atoms with E-state index in [1.807, 2.05) is 0 Å². The van der Waals surface area contributed by atoms with Gasteiger partial charge in [-0.1, -0.05) is 77.8 Å². The van der Waals surface area contributed by atoms with Crippen molar-refractivity contribution < 1.29 is 24.3 Å². The lowest BCUT2D eigenvalue weighted by molar-refractivity contribution is -0.142. The van der Waals surface area contributed by atoms with Gasteiger partial charge in [-0.05, 0) is 29.3 Å². The van der Waals surface area contributed by atoms with Gasteiger partial charge in [0.15, 0.2) is 0 Å². The van der Waals surface area contributed by atoms with Crippen LogP contribution in [-0.2, 0) is 32.0 Å². The number of halogens is 2. The van der Waals surface area contributed by atoms with Crippen LogP contribution in [0.4, 0.5) is 11.4 Å². The van der Waals surface area contributed by atoms with Gasteiger partial charge in [-0.25, -0.2) is 4.79 Å². The summed E-state index contributed by atoms with van der Waals surface area (Å²) in [6, 6.07) is 18.1. The number of rotatable bonds is 12. The summed E-state index contributed by atoms with van der Waals surface area (Å²) in [7, 11) is 0. The molecule has 0 heterocycles. The second kappa shape index (κ2) is 13.5. The van der Waals surface area contributed by atoms with Crippen molar-refractivity contribution in [3.05, 3.63) is 94.0 Å². The maximum Gasteiger partial charge on any atom is 0.326 e. The number of amides is 3. The van der Waals surface area contributed by atoms with Gasteiger partial charge in [0.25, 0.3) is 0 Å². The van der Waals surface area contributed by atoms with E-state index in [2.05, 4.69) is 16.0 Å². The zero-order valence-corrected chi connectivity index (χ0v) is 21.6. The lowest BCUT2D eigenvalue weighted by Gasteiger charge is -2.21. The first-order valence-corrected chi connectivity index (χ1v) is 12.3. The van der Waals surface area contributed by atoms with Crippen LogP contribution < -0.4 is 21.7 Å². The molecule has 9 nitrogen and oxygen atoms in total. The highest BCUT2D eigenvalue weighted by Crippen LogP contribution is 2.33. The summed E-state index contributed by atoms with van der Waals surface area (Å²) in [6.07, 6.45) is -0.659. The van der Waals surface area contributed by atoms with E-state index >= 15 is 0 Å². The number of aliphatic carboxylic acids is 1. The number of primary amides is 1. The monoisotopic (exact) mass is 556 g/mol. The van der Waals surface area contributed by atoms with E-state index in [4.69, 9.17) is 28.9 Å². The van der Waals surface area contributed by atoms with Crippen LogP contribution in [0.1, 0.15) is 17.5 Å². The second-order valence-electron chi connectivity index (χ2n) is 8.44. The lowest BCUT2D eigenvalue weighted by Crippen LogP contribution is -2.53. The number of carbonyl (C=O) groups is 4. The maximum absolute atomic E-state index is 12.9. The highest BCUT2D eigenvalue weighted by molar-refractivity contribution is 6.39. The number of carboxylic acid groups (broad SMARTS) is 1. The fraction of sp³-hybridized carbons (Fsp3) is 0.185. The van der Waals surface area contributed by atoms with E-state index in [1.54, 1.807) is 72.8 Å². The molecular formula is C27H26Cl2N4O5. The molecule has 2 atom stereocenters. The molecule has 0 aliphatic heterocycles. The van der Waals surface area contributed by atoms with E-state index in [0.29, 0.717) is 32.5 Å². The Bertz CT molecular complexity index is 1300. The van der Waals surface area contributed by atoms with Crippen LogP contribution in [0, 0.1) is 0 Å². The summed E-state index contributed by atoms with van der Waals surface area (Å²) in [5.41, 5.74) is 7.57. The van der Waals surface area contributed by atoms with Crippen molar-refractivity contribution in [2.45, 2.75) is 31.3 Å². The number of nitrogens with one attached hydrogen (secondary N) is 3. The number of carboxylic acids is 1. The van der Waals surface area contributed by atoms with E-state index in [9.17, 15) is 24.3 Å². The fourth-order valence-electron chi connectivity index (χ4n) is 3.70. The van der Waals surface area contributed by atoms with Gasteiger partial charge in [0.2, 0.25) is 17.7 Å². The van der Waals surface area contributed by atoms with E-state index in [0.717, 1.165) is 0 Å². The summed E-state index contributed by atoms with van der Waals surface area (Å²) in [6.45, 7) is 0. The molecule has 6 N–H and O–H groups in total. The number of benzene rings is 3. The number of nitrogens with two attached hydrogens (primary N) is 1. The number of hydrogen-bond donors (Lipinski definition) is 5. The number of anilines is 2. The smallest absolute Gasteiger partial charge is 0.326 e. The van der Waals surface area contributed by atoms with Gasteiger partial charge >= 0.3 is 5.97 Å². The minimum Gasteiger partial charge on any atom is -0.480 e. The molecule has 0 aliphatic carbocycles. The average Bonchev–Trinajstić information content (AvgIpc) is 2.86. The largest absolute Gasteiger partial charge is 0.480 e. The van der Waals surface area contributed by atoms with Crippen molar-refractivity contribution in [1.29, 1.82) is 0 Å². The van der Waals surface area contributed by atoms with Gasteiger partial charge in [0, 0.05) is 12.1 Å². The first-order valence-electron chi connectivity index (χ1n) is 11.6. The van der Waals surface area contributed by atoms with Crippen LogP contribution in [0.5, 0.6) is 0 Å². The molecule has 0 radical (unpaired) electrons. The Balaban J connectivity index is 1.72. The Hall–Kier alpha value is -4.08. The van der Waals surface area contributed by atoms with E-state index in [1.165, 1.54) is 0 Å². The molecule has 3 aromatic rings. The van der Waals surface area contributed by atoms with Crippen LogP contribution in [0.2, 0.25) is 10.0 Å². The molecule has 3 aromatic carbocycles. The van der Waals surface area contributed by atoms with Crippen LogP contribution in [0.25, 0.3) is 0 Å². The van der Waals surface area contributed by atoms with Crippen LogP contribution in [0.15, 0.2) is 72.8 Å². The first kappa shape index (κ1) is 28.5. The summed E-state index contributed by atoms with van der Waals surface area (Å²) in [5, 5.41) is 18.4. The van der Waals surface area contributed by atoms with Gasteiger partial charge in [0.1, 0.15) is 12.1 Å². The SMILES string of the molecule is NC(=O)C[C@H](NC(=O)Cc1ccccc1Nc1c(Cl)cccc1Cl)C(=O)N[C@@H](Cc1ccccc1)C(=O)O. The predicted molar refractivity (Wildman–Crippen MR) is 145 cm³/mol. The summed E-state index contributed by atoms with van der Waals surface area (Å²) in [5.74, 6) is -3.52. The predicted octanol–water partition coefficient (Wildman–Crippen LogP) is 3.45. The third kappa shape index (κ3) is 8.22. The molecule has 198 valence electrons. The molecule has 3 amide bonds. The Morgan fingerprint density at radius 1 is 0.816 bits per heavy atom. The standard InChI is InChI=1S/C27H26Cl2N4O5/c28-18-10-6-11-19(29)25(18)32-20-12-5-4-9-17(20)14-24(35)31-21(15-23(30)34)26(36)33-22(27(37)38)13-16-7-2-1-3-8-16/h1-12,21-22,32H,13-15H2,(H2,30,34)(H,31,35)(H,33,36)(H,37,38)/t21-,22-/m0/s1. The van der Waals surface area contributed by atoms with Gasteiger partial charge in [0.05, 0.1) is 28.6 Å². The average molecular weight is 557 g/mol. The molecular weight excluding hydrogens is 531 g/mol. The van der Waals surface area contributed by atoms with Crippen LogP contribution >= 0.6 is 23.2 Å². The van der Waals surface area contributed by atoms with Gasteiger partial charge < -0.3 is 26.8 Å². The summed E-state index contributed by atoms with van der Waals surface area (Å²) >= 11 is 12.5. The molecule has 0 saturated carbocycles. The number of hydrogen-bond acceptors (Lipinski definition) is 5. The van der Waals surface area contributed by atoms with E-state index < -0.39 is 42.2 Å². The maximum atomic E-state index is 12.9. The van der Waals surface area contributed by atoms with Crippen LogP contribution in [-0.4, -0.2) is 40.9 Å². The molecule has 0 fully saturated rings. The van der Waals surface area contributed by atoms with Crippen molar-refractivity contribution >= 4 is 58.3 Å². The van der Waals surface area contributed by atoms with Crippen molar-refractivity contribution in [2.75, 3.05) is 5.32 Å². The molecule has 0 aliphatic rings. The Morgan fingerprint density at radius 3 is 2.08 bits per heavy atom. The molecule has 0 aromatic heterocycles. The highest BCUT2D eigenvalue weighted by atomic mass is 35.5. The Morgan fingerprint density at radius 2 is 1.45 bits per heavy atom. The summed E-state index contributed by atoms with van der Waals surface area (Å²) < 4.78 is 0. The molecule has 0 bridgehead atoms. The quantitative estimate of drug-likeness (QED) is 0.230. The third-order valence-corrected chi connectivity index (χ3v) is 6.17. The highest BCUT2D eigenvalue weighted by Gasteiger charge is 2.28. The minimum atomic E-state index is -1.37. The van der Waals surface area contributed by atoms with Crippen molar-refractivity contribution in [3.8, 4) is 0 Å². The lowest BCUT2D eigenvalue weighted by atomic mass is 10.0. The Labute approximate surface area is 229 Å². The van der Waals surface area contributed by atoms with Gasteiger partial charge in [-0.3, -0.25) is 14.4 Å². The Kier molecular flexibility index (Phi) is 10.1. The second-order valence-corrected chi connectivity index (χ2v) is 9.25. The van der Waals surface area contributed by atoms with Crippen molar-refractivity contribution in [3.63, 3.8) is 0 Å². The topological polar surface area (TPSA) is 151 Å². The molecule has 0 unspecified atom stereocenters. The van der Waals surface area contributed by atoms with Crippen LogP contribution in [0.3, 0.4) is 0 Å². The van der Waals surface area contributed by atoms with Crippen molar-refractivity contribution in [2.24, 2.45) is 5.73 Å². The van der Waals surface area contributed by atoms with E-state index in [-0.39, 0.29) is 12.8 Å². The van der Waals surface area contributed by atoms with Crippen molar-refractivity contribution in [1.82, 2.24) is 10.6 Å². The zero-order valence-electron chi connectivity index (χ0n) is 20.1. The molecule has 0 saturated heterocycles. The minimum absolute atomic E-state index is 0.0167. The van der Waals surface area contributed by atoms with Gasteiger partial charge in [-0.15, -0.1) is 0 Å². The molecule has 3 rings (SSSR count). The normalized spacial score (nSPS) is 12.2. The molecule has 38 heavy (non-hydrogen) atoms. The molecule has 11 heteroatoms. The summed E-state index contributed by atoms with van der Waals surface area (Å²) in [4.78, 5) is 49.2. The first-order chi connectivity index (χ1) is 18.1. The third-order valence-electron chi connectivity index (χ3n) is 5.55. The number of para-hydroxylation sites is 2.